The van der Waals surface area contributed by atoms with Crippen molar-refractivity contribution in [3.05, 3.63) is 52.8 Å². The highest BCUT2D eigenvalue weighted by molar-refractivity contribution is 7.90. The third-order valence-electron chi connectivity index (χ3n) is 5.03. The number of nitrogens with one attached hydrogen (secondary N) is 1. The van der Waals surface area contributed by atoms with Crippen LogP contribution in [0.5, 0.6) is 0 Å². The fraction of sp³-hybridized carbons (Fsp3) is 0.350. The van der Waals surface area contributed by atoms with Crippen LogP contribution in [0, 0.1) is 6.92 Å². The number of aryl methyl sites for hydroxylation is 2. The van der Waals surface area contributed by atoms with E-state index < -0.39 is 9.84 Å². The molecular formula is C20H22N4O3S. The first-order valence-corrected chi connectivity index (χ1v) is 11.0. The van der Waals surface area contributed by atoms with Crippen LogP contribution in [0.4, 0.5) is 0 Å². The van der Waals surface area contributed by atoms with Gasteiger partial charge in [0.2, 0.25) is 0 Å². The molecule has 0 bridgehead atoms. The summed E-state index contributed by atoms with van der Waals surface area (Å²) in [5.41, 5.74) is 3.86. The standard InChI is InChI=1S/C20H22N4O3S/c1-12-18-16(10-17(14-6-7-14)22-19(18)24(2)23-12)20(25)21-11-13-4-8-15(9-5-13)28(3,26)27/h4-5,8-10,14H,6-7,11H2,1-3H3,(H,21,25). The van der Waals surface area contributed by atoms with Gasteiger partial charge in [-0.3, -0.25) is 9.48 Å². The highest BCUT2D eigenvalue weighted by Gasteiger charge is 2.28. The molecule has 1 N–H and O–H groups in total. The molecule has 0 unspecified atom stereocenters. The first-order valence-electron chi connectivity index (χ1n) is 9.15. The SMILES string of the molecule is Cc1nn(C)c2nc(C3CC3)cc(C(=O)NCc3ccc(S(C)(=O)=O)cc3)c12. The maximum absolute atomic E-state index is 12.9. The molecule has 8 heteroatoms. The number of pyridine rings is 1. The third-order valence-corrected chi connectivity index (χ3v) is 6.16. The van der Waals surface area contributed by atoms with Gasteiger partial charge in [0, 0.05) is 31.5 Å². The number of carbonyl (C=O) groups excluding carboxylic acids is 1. The lowest BCUT2D eigenvalue weighted by Crippen LogP contribution is -2.23. The molecule has 1 fully saturated rings. The number of carbonyl (C=O) groups is 1. The Labute approximate surface area is 163 Å². The molecule has 0 radical (unpaired) electrons. The number of hydrogen-bond donors (Lipinski definition) is 1. The van der Waals surface area contributed by atoms with E-state index in [9.17, 15) is 13.2 Å². The van der Waals surface area contributed by atoms with Crippen molar-refractivity contribution >= 4 is 26.8 Å². The first-order chi connectivity index (χ1) is 13.2. The molecule has 1 amide bonds. The normalized spacial score (nSPS) is 14.4. The molecule has 4 rings (SSSR count). The number of benzene rings is 1. The molecule has 1 aromatic carbocycles. The minimum Gasteiger partial charge on any atom is -0.348 e. The van der Waals surface area contributed by atoms with Crippen molar-refractivity contribution in [1.82, 2.24) is 20.1 Å². The topological polar surface area (TPSA) is 93.9 Å². The summed E-state index contributed by atoms with van der Waals surface area (Å²) in [6.07, 6.45) is 3.37. The molecule has 3 aromatic rings. The number of aromatic nitrogens is 3. The molecule has 28 heavy (non-hydrogen) atoms. The summed E-state index contributed by atoms with van der Waals surface area (Å²) in [5.74, 6) is 0.243. The van der Waals surface area contributed by atoms with Gasteiger partial charge < -0.3 is 5.32 Å². The zero-order valence-corrected chi connectivity index (χ0v) is 16.9. The molecule has 0 aliphatic heterocycles. The van der Waals surface area contributed by atoms with Gasteiger partial charge in [-0.2, -0.15) is 5.10 Å². The molecule has 0 saturated heterocycles. The van der Waals surface area contributed by atoms with Crippen molar-refractivity contribution in [3.8, 4) is 0 Å². The summed E-state index contributed by atoms with van der Waals surface area (Å²) >= 11 is 0. The van der Waals surface area contributed by atoms with Crippen molar-refractivity contribution in [2.75, 3.05) is 6.26 Å². The number of rotatable bonds is 5. The van der Waals surface area contributed by atoms with E-state index in [1.54, 1.807) is 28.9 Å². The summed E-state index contributed by atoms with van der Waals surface area (Å²) in [5, 5.41) is 8.13. The van der Waals surface area contributed by atoms with Crippen LogP contribution < -0.4 is 5.32 Å². The molecule has 0 spiro atoms. The van der Waals surface area contributed by atoms with Gasteiger partial charge in [0.1, 0.15) is 0 Å². The summed E-state index contributed by atoms with van der Waals surface area (Å²) < 4.78 is 24.8. The van der Waals surface area contributed by atoms with Gasteiger partial charge in [-0.25, -0.2) is 13.4 Å². The first kappa shape index (κ1) is 18.6. The lowest BCUT2D eigenvalue weighted by Gasteiger charge is -2.09. The van der Waals surface area contributed by atoms with Gasteiger partial charge in [0.25, 0.3) is 5.91 Å². The van der Waals surface area contributed by atoms with E-state index in [-0.39, 0.29) is 10.8 Å². The summed E-state index contributed by atoms with van der Waals surface area (Å²) in [6.45, 7) is 2.19. The number of fused-ring (bicyclic) bond motifs is 1. The van der Waals surface area contributed by atoms with E-state index >= 15 is 0 Å². The Morgan fingerprint density at radius 1 is 1.25 bits per heavy atom. The molecule has 2 heterocycles. The number of amides is 1. The zero-order chi connectivity index (χ0) is 20.1. The average molecular weight is 398 g/mol. The molecule has 1 aliphatic carbocycles. The lowest BCUT2D eigenvalue weighted by molar-refractivity contribution is 0.0952. The van der Waals surface area contributed by atoms with Crippen molar-refractivity contribution in [3.63, 3.8) is 0 Å². The van der Waals surface area contributed by atoms with Crippen LogP contribution in [0.1, 0.15) is 46.1 Å². The molecule has 2 aromatic heterocycles. The van der Waals surface area contributed by atoms with E-state index in [1.165, 1.54) is 6.26 Å². The Bertz CT molecular complexity index is 1180. The number of nitrogens with zero attached hydrogens (tertiary/aromatic N) is 3. The van der Waals surface area contributed by atoms with Crippen LogP contribution in [-0.2, 0) is 23.4 Å². The predicted octanol–water partition coefficient (Wildman–Crippen LogP) is 2.49. The molecule has 146 valence electrons. The zero-order valence-electron chi connectivity index (χ0n) is 16.1. The smallest absolute Gasteiger partial charge is 0.252 e. The number of hydrogen-bond acceptors (Lipinski definition) is 5. The second kappa shape index (κ2) is 6.70. The monoisotopic (exact) mass is 398 g/mol. The Hall–Kier alpha value is -2.74. The Morgan fingerprint density at radius 2 is 1.93 bits per heavy atom. The molecule has 0 atom stereocenters. The van der Waals surface area contributed by atoms with E-state index in [0.717, 1.165) is 40.8 Å². The quantitative estimate of drug-likeness (QED) is 0.713. The third kappa shape index (κ3) is 3.52. The average Bonchev–Trinajstić information content (AvgIpc) is 3.45. The van der Waals surface area contributed by atoms with Crippen LogP contribution in [0.2, 0.25) is 0 Å². The summed E-state index contributed by atoms with van der Waals surface area (Å²) in [4.78, 5) is 17.9. The van der Waals surface area contributed by atoms with Gasteiger partial charge in [0.15, 0.2) is 15.5 Å². The van der Waals surface area contributed by atoms with Gasteiger partial charge in [-0.1, -0.05) is 12.1 Å². The lowest BCUT2D eigenvalue weighted by atomic mass is 10.1. The predicted molar refractivity (Wildman–Crippen MR) is 106 cm³/mol. The van der Waals surface area contributed by atoms with Gasteiger partial charge >= 0.3 is 0 Å². The fourth-order valence-electron chi connectivity index (χ4n) is 3.36. The van der Waals surface area contributed by atoms with E-state index in [2.05, 4.69) is 10.4 Å². The molecular weight excluding hydrogens is 376 g/mol. The van der Waals surface area contributed by atoms with Crippen molar-refractivity contribution in [2.45, 2.75) is 37.1 Å². The minimum absolute atomic E-state index is 0.183. The number of sulfone groups is 1. The maximum atomic E-state index is 12.9. The van der Waals surface area contributed by atoms with Gasteiger partial charge in [-0.05, 0) is 43.5 Å². The fourth-order valence-corrected chi connectivity index (χ4v) is 3.99. The highest BCUT2D eigenvalue weighted by atomic mass is 32.2. The summed E-state index contributed by atoms with van der Waals surface area (Å²) in [7, 11) is -1.39. The van der Waals surface area contributed by atoms with E-state index in [4.69, 9.17) is 4.98 Å². The molecule has 1 aliphatic rings. The van der Waals surface area contributed by atoms with Crippen molar-refractivity contribution in [2.24, 2.45) is 7.05 Å². The van der Waals surface area contributed by atoms with E-state index in [0.29, 0.717) is 18.0 Å². The molecule has 1 saturated carbocycles. The summed E-state index contributed by atoms with van der Waals surface area (Å²) in [6, 6.07) is 8.42. The highest BCUT2D eigenvalue weighted by Crippen LogP contribution is 2.40. The van der Waals surface area contributed by atoms with Crippen molar-refractivity contribution < 1.29 is 13.2 Å². The second-order valence-electron chi connectivity index (χ2n) is 7.38. The second-order valence-corrected chi connectivity index (χ2v) is 9.39. The van der Waals surface area contributed by atoms with Crippen LogP contribution in [0.15, 0.2) is 35.2 Å². The van der Waals surface area contributed by atoms with E-state index in [1.807, 2.05) is 20.0 Å². The minimum atomic E-state index is -3.23. The van der Waals surface area contributed by atoms with Gasteiger partial charge in [-0.15, -0.1) is 0 Å². The van der Waals surface area contributed by atoms with Gasteiger partial charge in [0.05, 0.1) is 21.5 Å². The largest absolute Gasteiger partial charge is 0.348 e. The Morgan fingerprint density at radius 3 is 2.54 bits per heavy atom. The van der Waals surface area contributed by atoms with Crippen molar-refractivity contribution in [1.29, 1.82) is 0 Å². The van der Waals surface area contributed by atoms with Crippen LogP contribution in [0.3, 0.4) is 0 Å². The Balaban J connectivity index is 1.60. The van der Waals surface area contributed by atoms with Crippen LogP contribution in [-0.4, -0.2) is 35.3 Å². The maximum Gasteiger partial charge on any atom is 0.252 e. The van der Waals surface area contributed by atoms with Crippen LogP contribution in [0.25, 0.3) is 11.0 Å². The Kier molecular flexibility index (Phi) is 4.45. The van der Waals surface area contributed by atoms with Crippen LogP contribution >= 0.6 is 0 Å². The molecule has 7 nitrogen and oxygen atoms in total.